The average molecular weight is 288 g/mol. The first kappa shape index (κ1) is 13.9. The number of methoxy groups -OCH3 is 1. The van der Waals surface area contributed by atoms with Crippen molar-refractivity contribution in [3.63, 3.8) is 0 Å². The van der Waals surface area contributed by atoms with Crippen LogP contribution in [-0.4, -0.2) is 36.9 Å². The van der Waals surface area contributed by atoms with E-state index in [9.17, 15) is 9.59 Å². The largest absolute Gasteiger partial charge is 0.497 e. The Balaban J connectivity index is 1.86. The quantitative estimate of drug-likeness (QED) is 0.917. The maximum absolute atomic E-state index is 12.6. The minimum atomic E-state index is -0.516. The van der Waals surface area contributed by atoms with Gasteiger partial charge in [-0.25, -0.2) is 0 Å². The molecule has 1 N–H and O–H groups in total. The van der Waals surface area contributed by atoms with Gasteiger partial charge in [-0.15, -0.1) is 0 Å². The van der Waals surface area contributed by atoms with Gasteiger partial charge in [-0.05, 0) is 30.5 Å². The van der Waals surface area contributed by atoms with E-state index in [1.807, 2.05) is 24.3 Å². The van der Waals surface area contributed by atoms with Gasteiger partial charge < -0.3 is 15.0 Å². The van der Waals surface area contributed by atoms with Gasteiger partial charge in [0, 0.05) is 19.0 Å². The summed E-state index contributed by atoms with van der Waals surface area (Å²) in [6.45, 7) is 1.11. The van der Waals surface area contributed by atoms with Crippen LogP contribution in [0.2, 0.25) is 0 Å². The third-order valence-electron chi connectivity index (χ3n) is 4.38. The summed E-state index contributed by atoms with van der Waals surface area (Å²) in [6, 6.07) is 6.84. The summed E-state index contributed by atoms with van der Waals surface area (Å²) in [5.41, 5.74) is 0.834. The molecule has 5 nitrogen and oxygen atoms in total. The van der Waals surface area contributed by atoms with Crippen molar-refractivity contribution >= 4 is 11.8 Å². The summed E-state index contributed by atoms with van der Waals surface area (Å²) in [6.07, 6.45) is 3.02. The van der Waals surface area contributed by atoms with Gasteiger partial charge in [-0.2, -0.15) is 0 Å². The second-order valence-corrected chi connectivity index (χ2v) is 5.63. The van der Waals surface area contributed by atoms with E-state index in [2.05, 4.69) is 5.32 Å². The van der Waals surface area contributed by atoms with Crippen molar-refractivity contribution in [2.45, 2.75) is 25.3 Å². The Kier molecular flexibility index (Phi) is 3.82. The minimum absolute atomic E-state index is 0.0981. The summed E-state index contributed by atoms with van der Waals surface area (Å²) in [5.74, 6) is 0.875. The van der Waals surface area contributed by atoms with Crippen LogP contribution in [0.25, 0.3) is 0 Å². The first-order valence-corrected chi connectivity index (χ1v) is 7.43. The monoisotopic (exact) mass is 288 g/mol. The fourth-order valence-electron chi connectivity index (χ4n) is 2.91. The molecule has 2 fully saturated rings. The average Bonchev–Trinajstić information content (AvgIpc) is 2.45. The molecule has 1 aromatic carbocycles. The van der Waals surface area contributed by atoms with E-state index in [-0.39, 0.29) is 17.7 Å². The molecule has 3 rings (SSSR count). The van der Waals surface area contributed by atoms with Crippen LogP contribution < -0.4 is 10.1 Å². The first-order chi connectivity index (χ1) is 10.2. The van der Waals surface area contributed by atoms with Crippen LogP contribution in [-0.2, 0) is 9.59 Å². The van der Waals surface area contributed by atoms with E-state index in [1.165, 1.54) is 0 Å². The molecule has 0 radical (unpaired) electrons. The highest BCUT2D eigenvalue weighted by Gasteiger charge is 2.38. The number of benzene rings is 1. The Morgan fingerprint density at radius 2 is 2.00 bits per heavy atom. The van der Waals surface area contributed by atoms with Crippen molar-refractivity contribution in [3.8, 4) is 5.75 Å². The zero-order valence-electron chi connectivity index (χ0n) is 12.2. The van der Waals surface area contributed by atoms with Gasteiger partial charge >= 0.3 is 0 Å². The van der Waals surface area contributed by atoms with Gasteiger partial charge in [0.2, 0.25) is 11.8 Å². The number of hydrogen-bond acceptors (Lipinski definition) is 3. The molecule has 1 saturated heterocycles. The first-order valence-electron chi connectivity index (χ1n) is 7.43. The Morgan fingerprint density at radius 1 is 1.29 bits per heavy atom. The van der Waals surface area contributed by atoms with Crippen LogP contribution in [0.15, 0.2) is 24.3 Å². The van der Waals surface area contributed by atoms with E-state index < -0.39 is 6.04 Å². The van der Waals surface area contributed by atoms with Crippen molar-refractivity contribution < 1.29 is 14.3 Å². The molecular formula is C16H20N2O3. The van der Waals surface area contributed by atoms with Crippen molar-refractivity contribution in [3.05, 3.63) is 29.8 Å². The Labute approximate surface area is 124 Å². The highest BCUT2D eigenvalue weighted by atomic mass is 16.5. The molecule has 1 unspecified atom stereocenters. The molecule has 0 aromatic heterocycles. The predicted molar refractivity (Wildman–Crippen MR) is 77.8 cm³/mol. The number of nitrogens with one attached hydrogen (secondary N) is 1. The molecule has 1 aliphatic carbocycles. The number of carbonyl (C=O) groups excluding carboxylic acids is 2. The van der Waals surface area contributed by atoms with Crippen LogP contribution >= 0.6 is 0 Å². The predicted octanol–water partition coefficient (Wildman–Crippen LogP) is 1.49. The lowest BCUT2D eigenvalue weighted by atomic mass is 9.83. The molecule has 21 heavy (non-hydrogen) atoms. The van der Waals surface area contributed by atoms with Gasteiger partial charge in [0.25, 0.3) is 0 Å². The lowest BCUT2D eigenvalue weighted by molar-refractivity contribution is -0.148. The van der Waals surface area contributed by atoms with E-state index in [0.29, 0.717) is 13.1 Å². The van der Waals surface area contributed by atoms with Crippen LogP contribution in [0.1, 0.15) is 30.9 Å². The van der Waals surface area contributed by atoms with Gasteiger partial charge in [0.05, 0.1) is 7.11 Å². The molecule has 5 heteroatoms. The van der Waals surface area contributed by atoms with E-state index >= 15 is 0 Å². The molecule has 1 aromatic rings. The molecule has 1 saturated carbocycles. The van der Waals surface area contributed by atoms with Crippen molar-refractivity contribution in [1.29, 1.82) is 0 Å². The second-order valence-electron chi connectivity index (χ2n) is 5.63. The van der Waals surface area contributed by atoms with Crippen molar-refractivity contribution in [2.24, 2.45) is 5.92 Å². The highest BCUT2D eigenvalue weighted by molar-refractivity contribution is 5.90. The standard InChI is InChI=1S/C16H20N2O3/c1-21-13-7-5-11(6-8-13)14-15(19)17-9-10-18(14)16(20)12-3-2-4-12/h5-8,12,14H,2-4,9-10H2,1H3,(H,17,19). The molecule has 0 spiro atoms. The van der Waals surface area contributed by atoms with Gasteiger partial charge in [-0.3, -0.25) is 9.59 Å². The van der Waals surface area contributed by atoms with Gasteiger partial charge in [0.1, 0.15) is 11.8 Å². The lowest BCUT2D eigenvalue weighted by Crippen LogP contribution is -2.54. The summed E-state index contributed by atoms with van der Waals surface area (Å²) in [4.78, 5) is 26.6. The number of piperazine rings is 1. The Hall–Kier alpha value is -2.04. The zero-order valence-corrected chi connectivity index (χ0v) is 12.2. The molecule has 2 aliphatic rings. The highest BCUT2D eigenvalue weighted by Crippen LogP contribution is 2.33. The molecule has 1 atom stereocenters. The lowest BCUT2D eigenvalue weighted by Gasteiger charge is -2.39. The molecule has 0 bridgehead atoms. The van der Waals surface area contributed by atoms with Crippen LogP contribution in [0.3, 0.4) is 0 Å². The molecule has 2 amide bonds. The van der Waals surface area contributed by atoms with Crippen molar-refractivity contribution in [1.82, 2.24) is 10.2 Å². The Morgan fingerprint density at radius 3 is 2.57 bits per heavy atom. The fourth-order valence-corrected chi connectivity index (χ4v) is 2.91. The van der Waals surface area contributed by atoms with Gasteiger partial charge in [-0.1, -0.05) is 18.6 Å². The zero-order chi connectivity index (χ0) is 14.8. The van der Waals surface area contributed by atoms with Crippen molar-refractivity contribution in [2.75, 3.05) is 20.2 Å². The summed E-state index contributed by atoms with van der Waals surface area (Å²) < 4.78 is 5.14. The normalized spacial score (nSPS) is 22.4. The van der Waals surface area contributed by atoms with E-state index in [4.69, 9.17) is 4.74 Å². The summed E-state index contributed by atoms with van der Waals surface area (Å²) >= 11 is 0. The number of hydrogen-bond donors (Lipinski definition) is 1. The third kappa shape index (κ3) is 2.60. The number of carbonyl (C=O) groups is 2. The second kappa shape index (κ2) is 5.76. The maximum Gasteiger partial charge on any atom is 0.247 e. The van der Waals surface area contributed by atoms with E-state index in [1.54, 1.807) is 12.0 Å². The molecular weight excluding hydrogens is 268 g/mol. The third-order valence-corrected chi connectivity index (χ3v) is 4.38. The van der Waals surface area contributed by atoms with Crippen LogP contribution in [0.4, 0.5) is 0 Å². The van der Waals surface area contributed by atoms with E-state index in [0.717, 1.165) is 30.6 Å². The van der Waals surface area contributed by atoms with Gasteiger partial charge in [0.15, 0.2) is 0 Å². The summed E-state index contributed by atoms with van der Waals surface area (Å²) in [7, 11) is 1.61. The smallest absolute Gasteiger partial charge is 0.247 e. The number of ether oxygens (including phenoxy) is 1. The topological polar surface area (TPSA) is 58.6 Å². The fraction of sp³-hybridized carbons (Fsp3) is 0.500. The Bertz CT molecular complexity index is 537. The maximum atomic E-state index is 12.6. The minimum Gasteiger partial charge on any atom is -0.497 e. The van der Waals surface area contributed by atoms with Crippen LogP contribution in [0, 0.1) is 5.92 Å². The van der Waals surface area contributed by atoms with Crippen LogP contribution in [0.5, 0.6) is 5.75 Å². The summed E-state index contributed by atoms with van der Waals surface area (Å²) in [5, 5.41) is 2.85. The SMILES string of the molecule is COc1ccc(C2C(=O)NCCN2C(=O)C2CCC2)cc1. The molecule has 1 aliphatic heterocycles. The number of amides is 2. The molecule has 1 heterocycles. The number of rotatable bonds is 3. The number of nitrogens with zero attached hydrogens (tertiary/aromatic N) is 1. The molecule has 112 valence electrons.